The molecule has 0 fully saturated rings. The molecule has 7 heteroatoms. The van der Waals surface area contributed by atoms with Crippen molar-refractivity contribution in [3.63, 3.8) is 0 Å². The van der Waals surface area contributed by atoms with E-state index in [4.69, 9.17) is 4.98 Å². The van der Waals surface area contributed by atoms with Crippen molar-refractivity contribution in [1.82, 2.24) is 24.2 Å². The van der Waals surface area contributed by atoms with Crippen LogP contribution < -0.4 is 0 Å². The largest absolute Gasteiger partial charge is 0.333 e. The molecule has 0 spiro atoms. The van der Waals surface area contributed by atoms with Crippen LogP contribution in [0.4, 0.5) is 4.39 Å². The fourth-order valence-electron chi connectivity index (χ4n) is 4.47. The highest BCUT2D eigenvalue weighted by Crippen LogP contribution is 2.29. The Kier molecular flexibility index (Phi) is 4.81. The number of halogens is 1. The summed E-state index contributed by atoms with van der Waals surface area (Å²) in [6.45, 7) is 3.27. The van der Waals surface area contributed by atoms with Gasteiger partial charge in [0.25, 0.3) is 5.91 Å². The molecule has 0 bridgehead atoms. The molecule has 1 aliphatic rings. The second-order valence-corrected chi connectivity index (χ2v) is 7.94. The molecule has 31 heavy (non-hydrogen) atoms. The number of hydrogen-bond donors (Lipinski definition) is 0. The van der Waals surface area contributed by atoms with Crippen LogP contribution in [0.25, 0.3) is 16.7 Å². The van der Waals surface area contributed by atoms with E-state index in [0.29, 0.717) is 12.2 Å². The molecule has 6 nitrogen and oxygen atoms in total. The van der Waals surface area contributed by atoms with E-state index in [-0.39, 0.29) is 11.7 Å². The Morgan fingerprint density at radius 2 is 1.90 bits per heavy atom. The van der Waals surface area contributed by atoms with E-state index in [1.165, 1.54) is 12.1 Å². The molecule has 0 saturated carbocycles. The van der Waals surface area contributed by atoms with Crippen molar-refractivity contribution in [3.05, 3.63) is 77.1 Å². The predicted molar refractivity (Wildman–Crippen MR) is 117 cm³/mol. The summed E-state index contributed by atoms with van der Waals surface area (Å²) < 4.78 is 17.3. The first-order valence-electron chi connectivity index (χ1n) is 10.6. The van der Waals surface area contributed by atoms with Crippen LogP contribution in [0, 0.1) is 5.82 Å². The highest BCUT2D eigenvalue weighted by atomic mass is 19.1. The highest BCUT2D eigenvalue weighted by Gasteiger charge is 2.29. The lowest BCUT2D eigenvalue weighted by Crippen LogP contribution is -2.29. The standard InChI is InChI=1S/C24H24FN5O/c1-3-29-21-9-5-4-8-19(21)26-22(29)15-28(2)24(31)23-18-7-6-10-20(18)30(27-23)17-13-11-16(25)12-14-17/h4-5,8-9,11-14H,3,6-7,10,15H2,1-2H3. The van der Waals surface area contributed by atoms with Crippen LogP contribution in [0.3, 0.4) is 0 Å². The van der Waals surface area contributed by atoms with Crippen LogP contribution in [-0.2, 0) is 25.9 Å². The second kappa shape index (κ2) is 7.65. The number of hydrogen-bond acceptors (Lipinski definition) is 3. The van der Waals surface area contributed by atoms with E-state index >= 15 is 0 Å². The maximum Gasteiger partial charge on any atom is 0.274 e. The maximum absolute atomic E-state index is 13.4. The zero-order chi connectivity index (χ0) is 21.5. The molecule has 1 aliphatic carbocycles. The highest BCUT2D eigenvalue weighted by molar-refractivity contribution is 5.94. The van der Waals surface area contributed by atoms with Gasteiger partial charge in [-0.2, -0.15) is 5.10 Å². The second-order valence-electron chi connectivity index (χ2n) is 7.94. The molecule has 0 unspecified atom stereocenters. The lowest BCUT2D eigenvalue weighted by molar-refractivity contribution is 0.0773. The van der Waals surface area contributed by atoms with E-state index in [9.17, 15) is 9.18 Å². The van der Waals surface area contributed by atoms with Crippen LogP contribution in [0.2, 0.25) is 0 Å². The quantitative estimate of drug-likeness (QED) is 0.490. The number of nitrogens with zero attached hydrogens (tertiary/aromatic N) is 5. The van der Waals surface area contributed by atoms with Gasteiger partial charge >= 0.3 is 0 Å². The molecule has 0 aliphatic heterocycles. The molecule has 1 amide bonds. The van der Waals surface area contributed by atoms with E-state index in [1.807, 2.05) is 24.3 Å². The van der Waals surface area contributed by atoms with Gasteiger partial charge < -0.3 is 9.47 Å². The minimum atomic E-state index is -0.289. The van der Waals surface area contributed by atoms with Crippen molar-refractivity contribution < 1.29 is 9.18 Å². The molecule has 2 heterocycles. The summed E-state index contributed by atoms with van der Waals surface area (Å²) >= 11 is 0. The van der Waals surface area contributed by atoms with Crippen LogP contribution in [-0.4, -0.2) is 37.2 Å². The normalized spacial score (nSPS) is 13.0. The molecule has 5 rings (SSSR count). The number of para-hydroxylation sites is 2. The van der Waals surface area contributed by atoms with Crippen molar-refractivity contribution in [2.45, 2.75) is 39.3 Å². The summed E-state index contributed by atoms with van der Waals surface area (Å²) in [4.78, 5) is 19.8. The molecule has 158 valence electrons. The number of amides is 1. The summed E-state index contributed by atoms with van der Waals surface area (Å²) in [5.74, 6) is 0.449. The van der Waals surface area contributed by atoms with E-state index in [2.05, 4.69) is 16.6 Å². The van der Waals surface area contributed by atoms with Crippen LogP contribution in [0.1, 0.15) is 40.9 Å². The predicted octanol–water partition coefficient (Wildman–Crippen LogP) is 4.14. The monoisotopic (exact) mass is 417 g/mol. The molecular formula is C24H24FN5O. The first-order chi connectivity index (χ1) is 15.1. The van der Waals surface area contributed by atoms with Crippen LogP contribution in [0.5, 0.6) is 0 Å². The molecule has 4 aromatic rings. The third kappa shape index (κ3) is 3.30. The van der Waals surface area contributed by atoms with Gasteiger partial charge in [0, 0.05) is 24.8 Å². The number of benzene rings is 2. The Morgan fingerprint density at radius 3 is 2.68 bits per heavy atom. The average Bonchev–Trinajstić information content (AvgIpc) is 3.47. The molecule has 0 atom stereocenters. The zero-order valence-corrected chi connectivity index (χ0v) is 17.7. The molecule has 2 aromatic heterocycles. The van der Waals surface area contributed by atoms with Crippen LogP contribution in [0.15, 0.2) is 48.5 Å². The number of aryl methyl sites for hydroxylation is 1. The number of rotatable bonds is 5. The van der Waals surface area contributed by atoms with Crippen molar-refractivity contribution in [2.24, 2.45) is 0 Å². The van der Waals surface area contributed by atoms with E-state index < -0.39 is 0 Å². The van der Waals surface area contributed by atoms with E-state index in [0.717, 1.165) is 59.6 Å². The summed E-state index contributed by atoms with van der Waals surface area (Å²) in [5, 5.41) is 4.66. The Hall–Kier alpha value is -3.48. The Morgan fingerprint density at radius 1 is 1.13 bits per heavy atom. The van der Waals surface area contributed by atoms with Gasteiger partial charge in [-0.1, -0.05) is 12.1 Å². The van der Waals surface area contributed by atoms with Crippen LogP contribution >= 0.6 is 0 Å². The molecule has 0 N–H and O–H groups in total. The van der Waals surface area contributed by atoms with Gasteiger partial charge in [0.15, 0.2) is 5.69 Å². The molecule has 2 aromatic carbocycles. The number of aromatic nitrogens is 4. The SMILES string of the molecule is CCn1c(CN(C)C(=O)c2nn(-c3ccc(F)cc3)c3c2CCC3)nc2ccccc21. The number of imidazole rings is 1. The number of carbonyl (C=O) groups is 1. The average molecular weight is 417 g/mol. The summed E-state index contributed by atoms with van der Waals surface area (Å²) in [6, 6.07) is 14.2. The smallest absolute Gasteiger partial charge is 0.274 e. The lowest BCUT2D eigenvalue weighted by atomic mass is 10.2. The van der Waals surface area contributed by atoms with Gasteiger partial charge in [0.2, 0.25) is 0 Å². The van der Waals surface area contributed by atoms with Gasteiger partial charge in [-0.25, -0.2) is 14.1 Å². The fraction of sp³-hybridized carbons (Fsp3) is 0.292. The Bertz CT molecular complexity index is 1270. The fourth-order valence-corrected chi connectivity index (χ4v) is 4.47. The summed E-state index contributed by atoms with van der Waals surface area (Å²) in [7, 11) is 1.79. The lowest BCUT2D eigenvalue weighted by Gasteiger charge is -2.17. The van der Waals surface area contributed by atoms with Gasteiger partial charge in [-0.15, -0.1) is 0 Å². The Balaban J connectivity index is 1.47. The Labute approximate surface area is 179 Å². The minimum Gasteiger partial charge on any atom is -0.333 e. The van der Waals surface area contributed by atoms with E-state index in [1.54, 1.807) is 28.8 Å². The zero-order valence-electron chi connectivity index (χ0n) is 17.7. The number of carbonyl (C=O) groups excluding carboxylic acids is 1. The third-order valence-corrected chi connectivity index (χ3v) is 5.98. The van der Waals surface area contributed by atoms with Gasteiger partial charge in [0.05, 0.1) is 23.3 Å². The van der Waals surface area contributed by atoms with Crippen molar-refractivity contribution in [1.29, 1.82) is 0 Å². The number of fused-ring (bicyclic) bond motifs is 2. The van der Waals surface area contributed by atoms with Gasteiger partial charge in [-0.3, -0.25) is 4.79 Å². The van der Waals surface area contributed by atoms with Crippen molar-refractivity contribution in [3.8, 4) is 5.69 Å². The molecular weight excluding hydrogens is 393 g/mol. The summed E-state index contributed by atoms with van der Waals surface area (Å²) in [5.41, 5.74) is 5.31. The topological polar surface area (TPSA) is 56.0 Å². The third-order valence-electron chi connectivity index (χ3n) is 5.98. The van der Waals surface area contributed by atoms with Crippen molar-refractivity contribution in [2.75, 3.05) is 7.05 Å². The van der Waals surface area contributed by atoms with Gasteiger partial charge in [0.1, 0.15) is 11.6 Å². The maximum atomic E-state index is 13.4. The summed E-state index contributed by atoms with van der Waals surface area (Å²) in [6.07, 6.45) is 2.69. The van der Waals surface area contributed by atoms with Crippen molar-refractivity contribution >= 4 is 16.9 Å². The first-order valence-corrected chi connectivity index (χ1v) is 10.6. The molecule has 0 radical (unpaired) electrons. The van der Waals surface area contributed by atoms with Gasteiger partial charge in [-0.05, 0) is 62.6 Å². The minimum absolute atomic E-state index is 0.117. The molecule has 0 saturated heterocycles. The first kappa shape index (κ1) is 19.5.